The lowest BCUT2D eigenvalue weighted by atomic mass is 9.99. The number of fused-ring (bicyclic) bond motifs is 2. The standard InChI is InChI=1S/C28H21N3O4S/c1-33-19-10-7-16(8-11-19)20-14-21(17-5-3-2-4-6-17)31-28-24(20)25(29)26(36-28)27(32)30-18-9-12-22-23(13-18)35-15-34-22/h2-14H,15,29H2,1H3,(H,30,32). The molecule has 0 unspecified atom stereocenters. The van der Waals surface area contributed by atoms with Gasteiger partial charge in [-0.3, -0.25) is 4.79 Å². The van der Waals surface area contributed by atoms with Crippen LogP contribution in [0.15, 0.2) is 78.9 Å². The fraction of sp³-hybridized carbons (Fsp3) is 0.0714. The quantitative estimate of drug-likeness (QED) is 0.301. The highest BCUT2D eigenvalue weighted by Gasteiger charge is 2.22. The SMILES string of the molecule is COc1ccc(-c2cc(-c3ccccc3)nc3sc(C(=O)Nc4ccc5c(c4)OCO5)c(N)c23)cc1. The molecule has 0 spiro atoms. The van der Waals surface area contributed by atoms with E-state index in [1.165, 1.54) is 11.3 Å². The van der Waals surface area contributed by atoms with E-state index in [-0.39, 0.29) is 12.7 Å². The second-order valence-electron chi connectivity index (χ2n) is 8.20. The minimum Gasteiger partial charge on any atom is -0.497 e. The van der Waals surface area contributed by atoms with Crippen molar-refractivity contribution in [3.63, 3.8) is 0 Å². The largest absolute Gasteiger partial charge is 0.497 e. The number of pyridine rings is 1. The van der Waals surface area contributed by atoms with Crippen LogP contribution in [0.5, 0.6) is 17.2 Å². The highest BCUT2D eigenvalue weighted by Crippen LogP contribution is 2.42. The first-order chi connectivity index (χ1) is 17.6. The van der Waals surface area contributed by atoms with Crippen LogP contribution in [0, 0.1) is 0 Å². The maximum absolute atomic E-state index is 13.3. The van der Waals surface area contributed by atoms with Crippen molar-refractivity contribution < 1.29 is 19.0 Å². The highest BCUT2D eigenvalue weighted by atomic mass is 32.1. The van der Waals surface area contributed by atoms with Crippen LogP contribution >= 0.6 is 11.3 Å². The number of rotatable bonds is 5. The van der Waals surface area contributed by atoms with E-state index in [0.717, 1.165) is 33.5 Å². The van der Waals surface area contributed by atoms with Gasteiger partial charge in [0.15, 0.2) is 11.5 Å². The Kier molecular flexibility index (Phi) is 5.42. The average molecular weight is 496 g/mol. The topological polar surface area (TPSA) is 95.7 Å². The third-order valence-electron chi connectivity index (χ3n) is 6.01. The van der Waals surface area contributed by atoms with Crippen molar-refractivity contribution in [1.29, 1.82) is 0 Å². The average Bonchev–Trinajstić information content (AvgIpc) is 3.52. The van der Waals surface area contributed by atoms with Crippen molar-refractivity contribution in [2.45, 2.75) is 0 Å². The van der Waals surface area contributed by atoms with Gasteiger partial charge in [0.25, 0.3) is 5.91 Å². The second-order valence-corrected chi connectivity index (χ2v) is 9.20. The molecule has 6 rings (SSSR count). The summed E-state index contributed by atoms with van der Waals surface area (Å²) < 4.78 is 16.1. The van der Waals surface area contributed by atoms with Crippen LogP contribution < -0.4 is 25.3 Å². The molecule has 5 aromatic rings. The zero-order chi connectivity index (χ0) is 24.6. The second kappa shape index (κ2) is 8.90. The molecule has 0 bridgehead atoms. The first-order valence-corrected chi connectivity index (χ1v) is 12.1. The summed E-state index contributed by atoms with van der Waals surface area (Å²) in [5, 5.41) is 3.67. The van der Waals surface area contributed by atoms with Crippen LogP contribution in [0.4, 0.5) is 11.4 Å². The van der Waals surface area contributed by atoms with E-state index >= 15 is 0 Å². The Morgan fingerprint density at radius 2 is 1.75 bits per heavy atom. The Bertz CT molecular complexity index is 1600. The van der Waals surface area contributed by atoms with E-state index in [2.05, 4.69) is 5.32 Å². The van der Waals surface area contributed by atoms with Gasteiger partial charge < -0.3 is 25.3 Å². The first kappa shape index (κ1) is 21.9. The highest BCUT2D eigenvalue weighted by molar-refractivity contribution is 7.21. The molecule has 1 amide bonds. The molecule has 1 aliphatic heterocycles. The fourth-order valence-corrected chi connectivity index (χ4v) is 5.22. The third-order valence-corrected chi connectivity index (χ3v) is 7.10. The molecule has 3 aromatic carbocycles. The predicted octanol–water partition coefficient (Wildman–Crippen LogP) is 6.20. The molecule has 0 saturated carbocycles. The Morgan fingerprint density at radius 3 is 2.53 bits per heavy atom. The zero-order valence-corrected chi connectivity index (χ0v) is 20.1. The van der Waals surface area contributed by atoms with E-state index in [1.54, 1.807) is 25.3 Å². The van der Waals surface area contributed by atoms with Crippen molar-refractivity contribution in [2.24, 2.45) is 0 Å². The van der Waals surface area contributed by atoms with Gasteiger partial charge in [0.05, 0.1) is 18.5 Å². The summed E-state index contributed by atoms with van der Waals surface area (Å²) in [6.45, 7) is 0.166. The number of ether oxygens (including phenoxy) is 3. The Morgan fingerprint density at radius 1 is 0.972 bits per heavy atom. The van der Waals surface area contributed by atoms with Crippen molar-refractivity contribution in [3.8, 4) is 39.6 Å². The molecule has 3 heterocycles. The number of amides is 1. The molecule has 2 aromatic heterocycles. The lowest BCUT2D eigenvalue weighted by Gasteiger charge is -2.10. The lowest BCUT2D eigenvalue weighted by Crippen LogP contribution is -2.11. The summed E-state index contributed by atoms with van der Waals surface area (Å²) in [6, 6.07) is 25.0. The summed E-state index contributed by atoms with van der Waals surface area (Å²) in [4.78, 5) is 19.3. The molecular formula is C28H21N3O4S. The van der Waals surface area contributed by atoms with Gasteiger partial charge in [0.2, 0.25) is 6.79 Å². The number of nitrogens with two attached hydrogens (primary N) is 1. The number of methoxy groups -OCH3 is 1. The normalized spacial score (nSPS) is 12.0. The summed E-state index contributed by atoms with van der Waals surface area (Å²) in [7, 11) is 1.63. The Balaban J connectivity index is 1.46. The molecule has 178 valence electrons. The lowest BCUT2D eigenvalue weighted by molar-refractivity contribution is 0.103. The number of aromatic nitrogens is 1. The van der Waals surface area contributed by atoms with Crippen LogP contribution in [0.2, 0.25) is 0 Å². The molecular weight excluding hydrogens is 474 g/mol. The van der Waals surface area contributed by atoms with Gasteiger partial charge in [-0.15, -0.1) is 11.3 Å². The number of nitrogens with one attached hydrogen (secondary N) is 1. The number of carbonyl (C=O) groups is 1. The summed E-state index contributed by atoms with van der Waals surface area (Å²) >= 11 is 1.27. The molecule has 3 N–H and O–H groups in total. The molecule has 0 atom stereocenters. The zero-order valence-electron chi connectivity index (χ0n) is 19.3. The Hall–Kier alpha value is -4.56. The molecule has 0 saturated heterocycles. The maximum Gasteiger partial charge on any atom is 0.267 e. The van der Waals surface area contributed by atoms with Gasteiger partial charge in [-0.1, -0.05) is 42.5 Å². The molecule has 0 radical (unpaired) electrons. The number of benzene rings is 3. The summed E-state index contributed by atoms with van der Waals surface area (Å²) in [6.07, 6.45) is 0. The summed E-state index contributed by atoms with van der Waals surface area (Å²) in [5.41, 5.74) is 11.2. The fourth-order valence-electron chi connectivity index (χ4n) is 4.21. The number of hydrogen-bond acceptors (Lipinski definition) is 7. The van der Waals surface area contributed by atoms with Crippen molar-refractivity contribution in [2.75, 3.05) is 25.0 Å². The van der Waals surface area contributed by atoms with Crippen LogP contribution in [0.25, 0.3) is 32.6 Å². The summed E-state index contributed by atoms with van der Waals surface area (Å²) in [5.74, 6) is 1.69. The van der Waals surface area contributed by atoms with E-state index in [4.69, 9.17) is 24.9 Å². The van der Waals surface area contributed by atoms with Crippen LogP contribution in [0.1, 0.15) is 9.67 Å². The first-order valence-electron chi connectivity index (χ1n) is 11.2. The van der Waals surface area contributed by atoms with Crippen molar-refractivity contribution >= 4 is 38.8 Å². The number of anilines is 2. The minimum atomic E-state index is -0.309. The van der Waals surface area contributed by atoms with Gasteiger partial charge >= 0.3 is 0 Å². The number of nitrogens with zero attached hydrogens (tertiary/aromatic N) is 1. The van der Waals surface area contributed by atoms with E-state index in [1.807, 2.05) is 60.7 Å². The van der Waals surface area contributed by atoms with Crippen molar-refractivity contribution in [1.82, 2.24) is 4.98 Å². The van der Waals surface area contributed by atoms with Gasteiger partial charge in [-0.05, 0) is 41.5 Å². The van der Waals surface area contributed by atoms with Gasteiger partial charge in [0, 0.05) is 22.7 Å². The number of hydrogen-bond donors (Lipinski definition) is 2. The smallest absolute Gasteiger partial charge is 0.267 e. The van der Waals surface area contributed by atoms with E-state index < -0.39 is 0 Å². The monoisotopic (exact) mass is 495 g/mol. The van der Waals surface area contributed by atoms with Crippen LogP contribution in [-0.4, -0.2) is 24.8 Å². The number of carbonyl (C=O) groups excluding carboxylic acids is 1. The molecule has 7 nitrogen and oxygen atoms in total. The molecule has 1 aliphatic rings. The van der Waals surface area contributed by atoms with Crippen LogP contribution in [0.3, 0.4) is 0 Å². The number of thiophene rings is 1. The van der Waals surface area contributed by atoms with Gasteiger partial charge in [-0.2, -0.15) is 0 Å². The molecule has 0 aliphatic carbocycles. The Labute approximate surface area is 211 Å². The number of nitrogen functional groups attached to an aromatic ring is 1. The third kappa shape index (κ3) is 3.87. The molecule has 36 heavy (non-hydrogen) atoms. The maximum atomic E-state index is 13.3. The molecule has 0 fully saturated rings. The van der Waals surface area contributed by atoms with Gasteiger partial charge in [0.1, 0.15) is 15.5 Å². The predicted molar refractivity (Wildman–Crippen MR) is 142 cm³/mol. The van der Waals surface area contributed by atoms with Crippen molar-refractivity contribution in [3.05, 3.63) is 83.7 Å². The van der Waals surface area contributed by atoms with E-state index in [9.17, 15) is 4.79 Å². The minimum absolute atomic E-state index is 0.166. The van der Waals surface area contributed by atoms with Crippen LogP contribution in [-0.2, 0) is 0 Å². The van der Waals surface area contributed by atoms with E-state index in [0.29, 0.717) is 32.6 Å². The molecule has 8 heteroatoms. The van der Waals surface area contributed by atoms with Gasteiger partial charge in [-0.25, -0.2) is 4.98 Å².